The van der Waals surface area contributed by atoms with E-state index in [1.54, 1.807) is 6.20 Å². The molecule has 0 saturated carbocycles. The number of nitrogens with zero attached hydrogens (tertiary/aromatic N) is 3. The van der Waals surface area contributed by atoms with Gasteiger partial charge < -0.3 is 15.2 Å². The first-order valence-corrected chi connectivity index (χ1v) is 6.96. The number of hydrogen-bond acceptors (Lipinski definition) is 5. The van der Waals surface area contributed by atoms with Gasteiger partial charge in [0.1, 0.15) is 5.82 Å². The first kappa shape index (κ1) is 14.2. The fourth-order valence-corrected chi connectivity index (χ4v) is 2.74. The lowest BCUT2D eigenvalue weighted by atomic mass is 9.96. The summed E-state index contributed by atoms with van der Waals surface area (Å²) in [6.07, 6.45) is 4.36. The number of pyridine rings is 1. The number of piperidine rings is 1. The van der Waals surface area contributed by atoms with E-state index in [1.807, 2.05) is 6.07 Å². The van der Waals surface area contributed by atoms with Gasteiger partial charge in [0, 0.05) is 24.8 Å². The normalized spacial score (nSPS) is 17.9. The highest BCUT2D eigenvalue weighted by Gasteiger charge is 2.18. The van der Waals surface area contributed by atoms with Crippen molar-refractivity contribution in [1.29, 1.82) is 0 Å². The molecular formula is C14H25N5. The predicted molar refractivity (Wildman–Crippen MR) is 78.6 cm³/mol. The SMILES string of the molecule is CN1CCC(CN(C)Cc2cccnc2NN)CC1. The van der Waals surface area contributed by atoms with Gasteiger partial charge in [-0.2, -0.15) is 0 Å². The molecule has 3 N–H and O–H groups in total. The monoisotopic (exact) mass is 263 g/mol. The molecule has 2 heterocycles. The van der Waals surface area contributed by atoms with Crippen molar-refractivity contribution in [1.82, 2.24) is 14.8 Å². The number of hydrogen-bond donors (Lipinski definition) is 2. The summed E-state index contributed by atoms with van der Waals surface area (Å²) in [6, 6.07) is 4.03. The molecule has 0 spiro atoms. The summed E-state index contributed by atoms with van der Waals surface area (Å²) in [7, 11) is 4.38. The van der Waals surface area contributed by atoms with Gasteiger partial charge in [-0.15, -0.1) is 0 Å². The quantitative estimate of drug-likeness (QED) is 0.616. The molecule has 5 heteroatoms. The topological polar surface area (TPSA) is 57.4 Å². The molecule has 0 aromatic carbocycles. The molecule has 1 fully saturated rings. The van der Waals surface area contributed by atoms with E-state index in [1.165, 1.54) is 25.9 Å². The van der Waals surface area contributed by atoms with E-state index in [-0.39, 0.29) is 0 Å². The first-order chi connectivity index (χ1) is 9.19. The van der Waals surface area contributed by atoms with Crippen LogP contribution >= 0.6 is 0 Å². The molecule has 1 aliphatic heterocycles. The zero-order chi connectivity index (χ0) is 13.7. The third kappa shape index (κ3) is 4.16. The number of nitrogen functional groups attached to an aromatic ring is 1. The summed E-state index contributed by atoms with van der Waals surface area (Å²) in [5, 5.41) is 0. The van der Waals surface area contributed by atoms with Crippen molar-refractivity contribution in [2.75, 3.05) is 39.2 Å². The molecule has 0 atom stereocenters. The number of hydrazine groups is 1. The molecule has 0 unspecified atom stereocenters. The summed E-state index contributed by atoms with van der Waals surface area (Å²) >= 11 is 0. The van der Waals surface area contributed by atoms with Crippen LogP contribution in [-0.4, -0.2) is 48.5 Å². The molecule has 0 amide bonds. The van der Waals surface area contributed by atoms with E-state index in [4.69, 9.17) is 5.84 Å². The van der Waals surface area contributed by atoms with Crippen LogP contribution in [-0.2, 0) is 6.54 Å². The van der Waals surface area contributed by atoms with Crippen molar-refractivity contribution < 1.29 is 0 Å². The molecule has 1 saturated heterocycles. The van der Waals surface area contributed by atoms with Crippen molar-refractivity contribution in [2.45, 2.75) is 19.4 Å². The third-order valence-electron chi connectivity index (χ3n) is 3.88. The van der Waals surface area contributed by atoms with E-state index in [0.717, 1.165) is 30.4 Å². The van der Waals surface area contributed by atoms with Gasteiger partial charge in [0.25, 0.3) is 0 Å². The lowest BCUT2D eigenvalue weighted by molar-refractivity contribution is 0.173. The summed E-state index contributed by atoms with van der Waals surface area (Å²) in [5.74, 6) is 7.08. The number of likely N-dealkylation sites (tertiary alicyclic amines) is 1. The van der Waals surface area contributed by atoms with Gasteiger partial charge in [0.2, 0.25) is 0 Å². The average molecular weight is 263 g/mol. The average Bonchev–Trinajstić information content (AvgIpc) is 2.42. The van der Waals surface area contributed by atoms with Crippen LogP contribution in [0.15, 0.2) is 18.3 Å². The summed E-state index contributed by atoms with van der Waals surface area (Å²) in [5.41, 5.74) is 3.82. The van der Waals surface area contributed by atoms with Gasteiger partial charge in [-0.25, -0.2) is 10.8 Å². The van der Waals surface area contributed by atoms with Crippen molar-refractivity contribution in [2.24, 2.45) is 11.8 Å². The third-order valence-corrected chi connectivity index (χ3v) is 3.88. The highest BCUT2D eigenvalue weighted by atomic mass is 15.3. The van der Waals surface area contributed by atoms with E-state index in [9.17, 15) is 0 Å². The van der Waals surface area contributed by atoms with Gasteiger partial charge >= 0.3 is 0 Å². The van der Waals surface area contributed by atoms with Crippen LogP contribution in [0.1, 0.15) is 18.4 Å². The minimum Gasteiger partial charge on any atom is -0.308 e. The molecule has 2 rings (SSSR count). The zero-order valence-electron chi connectivity index (χ0n) is 12.0. The molecule has 1 aliphatic rings. The Balaban J connectivity index is 1.85. The minimum atomic E-state index is 0.776. The number of nitrogens with one attached hydrogen (secondary N) is 1. The standard InChI is InChI=1S/C14H25N5/c1-18-8-5-12(6-9-18)10-19(2)11-13-4-3-7-16-14(13)17-15/h3-4,7,12H,5-6,8-11,15H2,1-2H3,(H,16,17). The number of nitrogens with two attached hydrogens (primary N) is 1. The number of rotatable bonds is 5. The lowest BCUT2D eigenvalue weighted by Gasteiger charge is -2.31. The van der Waals surface area contributed by atoms with Crippen molar-refractivity contribution >= 4 is 5.82 Å². The Hall–Kier alpha value is -1.17. The Morgan fingerprint density at radius 1 is 1.47 bits per heavy atom. The molecule has 1 aromatic rings. The van der Waals surface area contributed by atoms with Gasteiger partial charge in [0.15, 0.2) is 0 Å². The Kier molecular flexibility index (Phi) is 5.13. The molecule has 0 radical (unpaired) electrons. The highest BCUT2D eigenvalue weighted by Crippen LogP contribution is 2.19. The van der Waals surface area contributed by atoms with E-state index in [2.05, 4.69) is 40.4 Å². The fourth-order valence-electron chi connectivity index (χ4n) is 2.74. The van der Waals surface area contributed by atoms with Gasteiger partial charge in [0.05, 0.1) is 0 Å². The van der Waals surface area contributed by atoms with Crippen molar-refractivity contribution in [3.63, 3.8) is 0 Å². The van der Waals surface area contributed by atoms with Gasteiger partial charge in [-0.3, -0.25) is 0 Å². The van der Waals surface area contributed by atoms with E-state index < -0.39 is 0 Å². The maximum atomic E-state index is 5.49. The Morgan fingerprint density at radius 2 is 2.21 bits per heavy atom. The molecular weight excluding hydrogens is 238 g/mol. The van der Waals surface area contributed by atoms with Crippen LogP contribution in [0.5, 0.6) is 0 Å². The Bertz CT molecular complexity index is 387. The minimum absolute atomic E-state index is 0.776. The van der Waals surface area contributed by atoms with E-state index >= 15 is 0 Å². The fraction of sp³-hybridized carbons (Fsp3) is 0.643. The van der Waals surface area contributed by atoms with Crippen molar-refractivity contribution in [3.05, 3.63) is 23.9 Å². The van der Waals surface area contributed by atoms with Crippen LogP contribution in [0.4, 0.5) is 5.82 Å². The second kappa shape index (κ2) is 6.84. The van der Waals surface area contributed by atoms with Crippen LogP contribution in [0.25, 0.3) is 0 Å². The second-order valence-electron chi connectivity index (χ2n) is 5.60. The second-order valence-corrected chi connectivity index (χ2v) is 5.60. The lowest BCUT2D eigenvalue weighted by Crippen LogP contribution is -2.35. The number of aromatic nitrogens is 1. The first-order valence-electron chi connectivity index (χ1n) is 6.96. The maximum Gasteiger partial charge on any atom is 0.144 e. The molecule has 5 nitrogen and oxygen atoms in total. The van der Waals surface area contributed by atoms with Crippen LogP contribution < -0.4 is 11.3 Å². The van der Waals surface area contributed by atoms with Crippen molar-refractivity contribution in [3.8, 4) is 0 Å². The maximum absolute atomic E-state index is 5.49. The van der Waals surface area contributed by atoms with Crippen LogP contribution in [0.3, 0.4) is 0 Å². The van der Waals surface area contributed by atoms with Crippen LogP contribution in [0, 0.1) is 5.92 Å². The Labute approximate surface area is 115 Å². The molecule has 19 heavy (non-hydrogen) atoms. The predicted octanol–water partition coefficient (Wildman–Crippen LogP) is 1.14. The smallest absolute Gasteiger partial charge is 0.144 e. The number of anilines is 1. The molecule has 0 aliphatic carbocycles. The molecule has 1 aromatic heterocycles. The Morgan fingerprint density at radius 3 is 2.89 bits per heavy atom. The zero-order valence-corrected chi connectivity index (χ0v) is 12.0. The molecule has 0 bridgehead atoms. The summed E-state index contributed by atoms with van der Waals surface area (Å²) < 4.78 is 0. The van der Waals surface area contributed by atoms with Gasteiger partial charge in [-0.1, -0.05) is 6.07 Å². The highest BCUT2D eigenvalue weighted by molar-refractivity contribution is 5.42. The van der Waals surface area contributed by atoms with Gasteiger partial charge in [-0.05, 0) is 52.0 Å². The molecule has 106 valence electrons. The summed E-state index contributed by atoms with van der Waals surface area (Å²) in [6.45, 7) is 4.48. The van der Waals surface area contributed by atoms with E-state index in [0.29, 0.717) is 0 Å². The van der Waals surface area contributed by atoms with Crippen LogP contribution in [0.2, 0.25) is 0 Å². The largest absolute Gasteiger partial charge is 0.308 e. The summed E-state index contributed by atoms with van der Waals surface area (Å²) in [4.78, 5) is 9.02.